The van der Waals surface area contributed by atoms with Crippen LogP contribution in [0, 0.1) is 12.8 Å². The zero-order valence-corrected chi connectivity index (χ0v) is 21.4. The van der Waals surface area contributed by atoms with E-state index >= 15 is 0 Å². The molecule has 184 valence electrons. The largest absolute Gasteiger partial charge is 0.512 e. The number of hydrogen-bond acceptors (Lipinski definition) is 5. The summed E-state index contributed by atoms with van der Waals surface area (Å²) in [5.74, 6) is -0.283. The Balaban J connectivity index is 1.91. The van der Waals surface area contributed by atoms with Crippen molar-refractivity contribution in [2.24, 2.45) is 5.92 Å². The molecule has 0 amide bonds. The number of nitrogens with two attached hydrogens (primary N) is 1. The third-order valence-electron chi connectivity index (χ3n) is 7.13. The summed E-state index contributed by atoms with van der Waals surface area (Å²) in [6.45, 7) is 12.3. The normalized spacial score (nSPS) is 19.0. The molecule has 1 atom stereocenters. The summed E-state index contributed by atoms with van der Waals surface area (Å²) in [4.78, 5) is 13.3. The molecular weight excluding hydrogens is 426 g/mol. The Hall–Kier alpha value is -2.79. The molecule has 34 heavy (non-hydrogen) atoms. The first-order chi connectivity index (χ1) is 15.9. The van der Waals surface area contributed by atoms with Crippen LogP contribution >= 0.6 is 0 Å². The van der Waals surface area contributed by atoms with Gasteiger partial charge in [0.2, 0.25) is 0 Å². The predicted octanol–water partition coefficient (Wildman–Crippen LogP) is 5.70. The minimum Gasteiger partial charge on any atom is -0.512 e. The van der Waals surface area contributed by atoms with Crippen molar-refractivity contribution in [3.05, 3.63) is 75.5 Å². The van der Waals surface area contributed by atoms with Crippen LogP contribution in [0.25, 0.3) is 0 Å². The average Bonchev–Trinajstić information content (AvgIpc) is 2.75. The van der Waals surface area contributed by atoms with Crippen LogP contribution in [0.4, 0.5) is 5.69 Å². The van der Waals surface area contributed by atoms with Crippen molar-refractivity contribution in [1.29, 1.82) is 0 Å². The Morgan fingerprint density at radius 1 is 1.12 bits per heavy atom. The molecule has 0 bridgehead atoms. The zero-order valence-electron chi connectivity index (χ0n) is 21.4. The number of ether oxygens (including phenoxy) is 1. The summed E-state index contributed by atoms with van der Waals surface area (Å²) in [6, 6.07) is 11.8. The molecule has 0 aliphatic carbocycles. The van der Waals surface area contributed by atoms with Gasteiger partial charge in [0.15, 0.2) is 0 Å². The molecule has 2 aromatic rings. The molecule has 0 saturated heterocycles. The van der Waals surface area contributed by atoms with Gasteiger partial charge in [-0.3, -0.25) is 0 Å². The summed E-state index contributed by atoms with van der Waals surface area (Å²) >= 11 is 0. The zero-order chi connectivity index (χ0) is 25.3. The number of hydrogen-bond donors (Lipinski definition) is 3. The number of esters is 1. The number of nitrogen functional groups attached to an aromatic ring is 1. The lowest BCUT2D eigenvalue weighted by Gasteiger charge is -2.40. The predicted molar refractivity (Wildman–Crippen MR) is 137 cm³/mol. The number of rotatable bonds is 7. The standard InChI is InChI=1S/C29H39NO4/c1-18(2)29(12-11-20-7-9-23(30)10-8-20)16-26(32)24(27(33)34-29)14-21-13-19(3)22(17-31)15-25(21)28(4,5)6/h7-10,13,15,18,31-32H,11-12,14,16-17,30H2,1-6H3/t29-/m0/s1. The van der Waals surface area contributed by atoms with Crippen molar-refractivity contribution in [3.63, 3.8) is 0 Å². The molecule has 0 aromatic heterocycles. The average molecular weight is 466 g/mol. The molecule has 2 aromatic carbocycles. The number of aryl methyl sites for hydroxylation is 2. The van der Waals surface area contributed by atoms with E-state index in [1.807, 2.05) is 57.2 Å². The van der Waals surface area contributed by atoms with E-state index in [9.17, 15) is 15.0 Å². The van der Waals surface area contributed by atoms with Crippen LogP contribution < -0.4 is 5.73 Å². The highest BCUT2D eigenvalue weighted by Crippen LogP contribution is 2.40. The lowest BCUT2D eigenvalue weighted by Crippen LogP contribution is -2.45. The minimum absolute atomic E-state index is 0.0316. The van der Waals surface area contributed by atoms with E-state index in [4.69, 9.17) is 10.5 Å². The van der Waals surface area contributed by atoms with Gasteiger partial charge in [0.1, 0.15) is 11.4 Å². The fourth-order valence-corrected chi connectivity index (χ4v) is 4.77. The molecule has 1 aliphatic heterocycles. The molecule has 0 saturated carbocycles. The quantitative estimate of drug-likeness (QED) is 0.360. The summed E-state index contributed by atoms with van der Waals surface area (Å²) < 4.78 is 6.12. The first-order valence-electron chi connectivity index (χ1n) is 12.1. The lowest BCUT2D eigenvalue weighted by molar-refractivity contribution is -0.166. The van der Waals surface area contributed by atoms with E-state index in [-0.39, 0.29) is 23.7 Å². The number of carbonyl (C=O) groups is 1. The van der Waals surface area contributed by atoms with Crippen molar-refractivity contribution >= 4 is 11.7 Å². The molecule has 1 heterocycles. The minimum atomic E-state index is -0.754. The summed E-state index contributed by atoms with van der Waals surface area (Å²) in [5.41, 5.74) is 10.9. The number of cyclic esters (lactones) is 1. The highest BCUT2D eigenvalue weighted by molar-refractivity contribution is 5.91. The van der Waals surface area contributed by atoms with Gasteiger partial charge in [-0.05, 0) is 71.0 Å². The van der Waals surface area contributed by atoms with Gasteiger partial charge in [0.05, 0.1) is 12.2 Å². The lowest BCUT2D eigenvalue weighted by atomic mass is 9.77. The first kappa shape index (κ1) is 25.8. The van der Waals surface area contributed by atoms with Gasteiger partial charge in [-0.25, -0.2) is 4.79 Å². The van der Waals surface area contributed by atoms with Gasteiger partial charge in [0, 0.05) is 18.5 Å². The second kappa shape index (κ2) is 9.83. The molecule has 0 unspecified atom stereocenters. The maximum Gasteiger partial charge on any atom is 0.338 e. The second-order valence-corrected chi connectivity index (χ2v) is 11.0. The monoisotopic (exact) mass is 465 g/mol. The van der Waals surface area contributed by atoms with Crippen molar-refractivity contribution in [3.8, 4) is 0 Å². The molecule has 0 fully saturated rings. The Morgan fingerprint density at radius 3 is 2.29 bits per heavy atom. The number of anilines is 1. The SMILES string of the molecule is Cc1cc(CC2=C(O)C[C@@](CCc3ccc(N)cc3)(C(C)C)OC2=O)c(C(C)(C)C)cc1CO. The van der Waals surface area contributed by atoms with Gasteiger partial charge in [-0.1, -0.05) is 58.9 Å². The highest BCUT2D eigenvalue weighted by Gasteiger charge is 2.44. The van der Waals surface area contributed by atoms with Crippen LogP contribution in [-0.2, 0) is 34.4 Å². The third-order valence-corrected chi connectivity index (χ3v) is 7.13. The van der Waals surface area contributed by atoms with E-state index in [1.54, 1.807) is 0 Å². The van der Waals surface area contributed by atoms with Crippen molar-refractivity contribution in [2.75, 3.05) is 5.73 Å². The van der Waals surface area contributed by atoms with Crippen molar-refractivity contribution in [2.45, 2.75) is 84.8 Å². The van der Waals surface area contributed by atoms with E-state index in [0.717, 1.165) is 34.2 Å². The molecule has 4 N–H and O–H groups in total. The van der Waals surface area contributed by atoms with Crippen LogP contribution in [0.15, 0.2) is 47.7 Å². The van der Waals surface area contributed by atoms with Crippen LogP contribution in [-0.4, -0.2) is 21.8 Å². The molecule has 3 rings (SSSR count). The van der Waals surface area contributed by atoms with E-state index < -0.39 is 11.6 Å². The van der Waals surface area contributed by atoms with Crippen LogP contribution in [0.3, 0.4) is 0 Å². The number of carbonyl (C=O) groups excluding carboxylic acids is 1. The highest BCUT2D eigenvalue weighted by atomic mass is 16.6. The second-order valence-electron chi connectivity index (χ2n) is 11.0. The van der Waals surface area contributed by atoms with E-state index in [0.29, 0.717) is 30.5 Å². The fraction of sp³-hybridized carbons (Fsp3) is 0.483. The Bertz CT molecular complexity index is 1080. The van der Waals surface area contributed by atoms with Crippen LogP contribution in [0.1, 0.15) is 75.3 Å². The number of aliphatic hydroxyl groups is 2. The molecule has 5 heteroatoms. The van der Waals surface area contributed by atoms with Crippen molar-refractivity contribution < 1.29 is 19.7 Å². The topological polar surface area (TPSA) is 92.8 Å². The van der Waals surface area contributed by atoms with Crippen LogP contribution in [0.2, 0.25) is 0 Å². The van der Waals surface area contributed by atoms with Gasteiger partial charge in [-0.15, -0.1) is 0 Å². The first-order valence-corrected chi connectivity index (χ1v) is 12.1. The van der Waals surface area contributed by atoms with E-state index in [1.165, 1.54) is 0 Å². The maximum absolute atomic E-state index is 13.3. The van der Waals surface area contributed by atoms with Gasteiger partial charge in [0.25, 0.3) is 0 Å². The Morgan fingerprint density at radius 2 is 1.76 bits per heavy atom. The molecule has 1 aliphatic rings. The third kappa shape index (κ3) is 5.47. The number of benzene rings is 2. The van der Waals surface area contributed by atoms with Gasteiger partial charge >= 0.3 is 5.97 Å². The summed E-state index contributed by atoms with van der Waals surface area (Å²) in [5, 5.41) is 20.8. The molecule has 0 spiro atoms. The molecular formula is C29H39NO4. The number of aliphatic hydroxyl groups excluding tert-OH is 2. The smallest absolute Gasteiger partial charge is 0.338 e. The summed E-state index contributed by atoms with van der Waals surface area (Å²) in [6.07, 6.45) is 1.95. The maximum atomic E-state index is 13.3. The Kier molecular flexibility index (Phi) is 7.47. The molecule has 5 nitrogen and oxygen atoms in total. The van der Waals surface area contributed by atoms with Gasteiger partial charge in [-0.2, -0.15) is 0 Å². The van der Waals surface area contributed by atoms with Crippen LogP contribution in [0.5, 0.6) is 0 Å². The fourth-order valence-electron chi connectivity index (χ4n) is 4.77. The van der Waals surface area contributed by atoms with Crippen molar-refractivity contribution in [1.82, 2.24) is 0 Å². The summed E-state index contributed by atoms with van der Waals surface area (Å²) in [7, 11) is 0. The van der Waals surface area contributed by atoms with Gasteiger partial charge < -0.3 is 20.7 Å². The van der Waals surface area contributed by atoms with E-state index in [2.05, 4.69) is 20.8 Å². The molecule has 0 radical (unpaired) electrons. The Labute approximate surface area is 203 Å².